The molecule has 1 aromatic heterocycles. The second-order valence-electron chi connectivity index (χ2n) is 5.57. The van der Waals surface area contributed by atoms with Crippen LogP contribution in [0.25, 0.3) is 11.3 Å². The van der Waals surface area contributed by atoms with Gasteiger partial charge < -0.3 is 10.3 Å². The summed E-state index contributed by atoms with van der Waals surface area (Å²) in [6.45, 7) is 0.394. The fraction of sp³-hybridized carbons (Fsp3) is 0.333. The lowest BCUT2D eigenvalue weighted by Crippen LogP contribution is -2.42. The molecule has 1 fully saturated rings. The number of rotatable bonds is 4. The third-order valence-corrected chi connectivity index (χ3v) is 5.16. The standard InChI is InChI=1S/C15H18N4O3S/c1-23(21,22)19-7-3-6-14(19)15(20)18-12-5-2-4-11(8-12)13-9-16-10-17-13/h2,4-5,8-10,14H,3,6-7H2,1H3,(H,16,17)(H,18,20)/t14-/m0/s1. The molecule has 0 unspecified atom stereocenters. The third kappa shape index (κ3) is 3.43. The van der Waals surface area contributed by atoms with Gasteiger partial charge in [-0.1, -0.05) is 12.1 Å². The molecule has 0 radical (unpaired) electrons. The number of imidazole rings is 1. The minimum absolute atomic E-state index is 0.297. The number of sulfonamides is 1. The first-order chi connectivity index (χ1) is 10.9. The minimum Gasteiger partial charge on any atom is -0.345 e. The van der Waals surface area contributed by atoms with Gasteiger partial charge in [-0.2, -0.15) is 4.31 Å². The molecule has 0 aliphatic carbocycles. The summed E-state index contributed by atoms with van der Waals surface area (Å²) >= 11 is 0. The fourth-order valence-corrected chi connectivity index (χ4v) is 3.93. The van der Waals surface area contributed by atoms with Crippen molar-refractivity contribution in [3.63, 3.8) is 0 Å². The molecule has 1 aromatic carbocycles. The number of carbonyl (C=O) groups is 1. The highest BCUT2D eigenvalue weighted by molar-refractivity contribution is 7.88. The van der Waals surface area contributed by atoms with Crippen molar-refractivity contribution in [2.75, 3.05) is 18.1 Å². The third-order valence-electron chi connectivity index (χ3n) is 3.87. The molecular weight excluding hydrogens is 316 g/mol. The SMILES string of the molecule is CS(=O)(=O)N1CCC[C@H]1C(=O)Nc1cccc(-c2cnc[nH]2)c1. The number of anilines is 1. The molecule has 0 spiro atoms. The van der Waals surface area contributed by atoms with E-state index in [0.717, 1.165) is 17.5 Å². The van der Waals surface area contributed by atoms with Crippen LogP contribution in [-0.4, -0.2) is 47.4 Å². The van der Waals surface area contributed by atoms with Crippen LogP contribution in [-0.2, 0) is 14.8 Å². The average Bonchev–Trinajstić information content (AvgIpc) is 3.18. The Morgan fingerprint density at radius 3 is 2.96 bits per heavy atom. The molecule has 2 N–H and O–H groups in total. The molecule has 122 valence electrons. The predicted molar refractivity (Wildman–Crippen MR) is 87.2 cm³/mol. The van der Waals surface area contributed by atoms with E-state index in [1.807, 2.05) is 18.2 Å². The molecule has 23 heavy (non-hydrogen) atoms. The molecule has 1 atom stereocenters. The van der Waals surface area contributed by atoms with E-state index in [1.54, 1.807) is 18.6 Å². The van der Waals surface area contributed by atoms with Gasteiger partial charge >= 0.3 is 0 Å². The highest BCUT2D eigenvalue weighted by Crippen LogP contribution is 2.24. The Balaban J connectivity index is 1.77. The second-order valence-corrected chi connectivity index (χ2v) is 7.50. The Kier molecular flexibility index (Phi) is 4.18. The zero-order valence-electron chi connectivity index (χ0n) is 12.7. The normalized spacial score (nSPS) is 18.9. The maximum absolute atomic E-state index is 12.4. The Bertz CT molecular complexity index is 802. The Morgan fingerprint density at radius 2 is 2.26 bits per heavy atom. The first kappa shape index (κ1) is 15.7. The van der Waals surface area contributed by atoms with Crippen molar-refractivity contribution >= 4 is 21.6 Å². The monoisotopic (exact) mass is 334 g/mol. The number of nitrogens with one attached hydrogen (secondary N) is 2. The smallest absolute Gasteiger partial charge is 0.242 e. The van der Waals surface area contributed by atoms with E-state index in [1.165, 1.54) is 4.31 Å². The topological polar surface area (TPSA) is 95.2 Å². The first-order valence-electron chi connectivity index (χ1n) is 7.31. The van der Waals surface area contributed by atoms with Gasteiger partial charge in [0.2, 0.25) is 15.9 Å². The highest BCUT2D eigenvalue weighted by Gasteiger charge is 2.36. The number of nitrogens with zero attached hydrogens (tertiary/aromatic N) is 2. The molecule has 1 aliphatic heterocycles. The van der Waals surface area contributed by atoms with Gasteiger partial charge in [0.05, 0.1) is 24.5 Å². The maximum Gasteiger partial charge on any atom is 0.242 e. The molecule has 0 bridgehead atoms. The fourth-order valence-electron chi connectivity index (χ4n) is 2.80. The number of hydrogen-bond acceptors (Lipinski definition) is 4. The lowest BCUT2D eigenvalue weighted by atomic mass is 10.1. The van der Waals surface area contributed by atoms with Gasteiger partial charge in [0.1, 0.15) is 6.04 Å². The van der Waals surface area contributed by atoms with Crippen LogP contribution in [0.1, 0.15) is 12.8 Å². The first-order valence-corrected chi connectivity index (χ1v) is 9.16. The number of hydrogen-bond donors (Lipinski definition) is 2. The van der Waals surface area contributed by atoms with Gasteiger partial charge in [-0.3, -0.25) is 4.79 Å². The summed E-state index contributed by atoms with van der Waals surface area (Å²) in [6, 6.07) is 6.69. The molecule has 1 amide bonds. The van der Waals surface area contributed by atoms with E-state index in [-0.39, 0.29) is 5.91 Å². The van der Waals surface area contributed by atoms with E-state index in [4.69, 9.17) is 0 Å². The van der Waals surface area contributed by atoms with Crippen molar-refractivity contribution in [3.8, 4) is 11.3 Å². The molecule has 2 aromatic rings. The van der Waals surface area contributed by atoms with Crippen LogP contribution in [0.5, 0.6) is 0 Å². The summed E-state index contributed by atoms with van der Waals surface area (Å²) in [5.41, 5.74) is 2.37. The van der Waals surface area contributed by atoms with Crippen LogP contribution in [0.4, 0.5) is 5.69 Å². The van der Waals surface area contributed by atoms with E-state index in [0.29, 0.717) is 25.1 Å². The molecule has 0 saturated carbocycles. The van der Waals surface area contributed by atoms with Crippen LogP contribution in [0.15, 0.2) is 36.8 Å². The molecule has 2 heterocycles. The van der Waals surface area contributed by atoms with Gasteiger partial charge in [0, 0.05) is 17.8 Å². The van der Waals surface area contributed by atoms with Crippen molar-refractivity contribution in [2.45, 2.75) is 18.9 Å². The maximum atomic E-state index is 12.4. The summed E-state index contributed by atoms with van der Waals surface area (Å²) in [5, 5.41) is 2.81. The van der Waals surface area contributed by atoms with E-state index >= 15 is 0 Å². The Hall–Kier alpha value is -2.19. The predicted octanol–water partition coefficient (Wildman–Crippen LogP) is 1.44. The minimum atomic E-state index is -3.37. The van der Waals surface area contributed by atoms with E-state index in [2.05, 4.69) is 15.3 Å². The van der Waals surface area contributed by atoms with Crippen LogP contribution < -0.4 is 5.32 Å². The van der Waals surface area contributed by atoms with Gasteiger partial charge in [0.15, 0.2) is 0 Å². The number of H-pyrrole nitrogens is 1. The lowest BCUT2D eigenvalue weighted by molar-refractivity contribution is -0.119. The zero-order chi connectivity index (χ0) is 16.4. The van der Waals surface area contributed by atoms with Crippen molar-refractivity contribution < 1.29 is 13.2 Å². The van der Waals surface area contributed by atoms with Crippen LogP contribution >= 0.6 is 0 Å². The Labute approximate surface area is 134 Å². The van der Waals surface area contributed by atoms with Crippen molar-refractivity contribution in [2.24, 2.45) is 0 Å². The highest BCUT2D eigenvalue weighted by atomic mass is 32.2. The Morgan fingerprint density at radius 1 is 1.43 bits per heavy atom. The van der Waals surface area contributed by atoms with E-state index in [9.17, 15) is 13.2 Å². The lowest BCUT2D eigenvalue weighted by Gasteiger charge is -2.21. The summed E-state index contributed by atoms with van der Waals surface area (Å²) in [5.74, 6) is -0.297. The number of aromatic amines is 1. The van der Waals surface area contributed by atoms with E-state index < -0.39 is 16.1 Å². The quantitative estimate of drug-likeness (QED) is 0.884. The van der Waals surface area contributed by atoms with Crippen LogP contribution in [0, 0.1) is 0 Å². The van der Waals surface area contributed by atoms with Crippen LogP contribution in [0.2, 0.25) is 0 Å². The zero-order valence-corrected chi connectivity index (χ0v) is 13.5. The van der Waals surface area contributed by atoms with Crippen molar-refractivity contribution in [1.82, 2.24) is 14.3 Å². The molecular formula is C15H18N4O3S. The number of aromatic nitrogens is 2. The molecule has 1 saturated heterocycles. The van der Waals surface area contributed by atoms with Crippen molar-refractivity contribution in [1.29, 1.82) is 0 Å². The molecule has 8 heteroatoms. The second kappa shape index (κ2) is 6.13. The molecule has 1 aliphatic rings. The number of carbonyl (C=O) groups excluding carboxylic acids is 1. The summed E-state index contributed by atoms with van der Waals surface area (Å²) in [4.78, 5) is 19.4. The van der Waals surface area contributed by atoms with Gasteiger partial charge in [0.25, 0.3) is 0 Å². The van der Waals surface area contributed by atoms with Gasteiger partial charge in [-0.15, -0.1) is 0 Å². The number of amides is 1. The summed E-state index contributed by atoms with van der Waals surface area (Å²) in [7, 11) is -3.37. The summed E-state index contributed by atoms with van der Waals surface area (Å²) in [6.07, 6.45) is 5.66. The van der Waals surface area contributed by atoms with Crippen LogP contribution in [0.3, 0.4) is 0 Å². The largest absolute Gasteiger partial charge is 0.345 e. The molecule has 7 nitrogen and oxygen atoms in total. The van der Waals surface area contributed by atoms with Gasteiger partial charge in [-0.05, 0) is 25.0 Å². The van der Waals surface area contributed by atoms with Crippen molar-refractivity contribution in [3.05, 3.63) is 36.8 Å². The molecule has 3 rings (SSSR count). The number of benzene rings is 1. The summed E-state index contributed by atoms with van der Waals surface area (Å²) < 4.78 is 24.8. The van der Waals surface area contributed by atoms with Gasteiger partial charge in [-0.25, -0.2) is 13.4 Å². The average molecular weight is 334 g/mol.